The molecule has 0 aliphatic carbocycles. The Bertz CT molecular complexity index is 438. The van der Waals surface area contributed by atoms with E-state index in [4.69, 9.17) is 0 Å². The summed E-state index contributed by atoms with van der Waals surface area (Å²) in [5, 5.41) is 10.7. The minimum atomic E-state index is -0.0713. The molecule has 1 N–H and O–H groups in total. The third kappa shape index (κ3) is 2.92. The lowest BCUT2D eigenvalue weighted by molar-refractivity contribution is -0.130. The van der Waals surface area contributed by atoms with Gasteiger partial charge in [0, 0.05) is 19.0 Å². The second kappa shape index (κ2) is 5.72. The molecule has 0 bridgehead atoms. The van der Waals surface area contributed by atoms with E-state index in [0.29, 0.717) is 31.1 Å². The van der Waals surface area contributed by atoms with Crippen LogP contribution in [0.15, 0.2) is 18.2 Å². The second-order valence-corrected chi connectivity index (χ2v) is 4.87. The number of hydrogen-bond donors (Lipinski definition) is 1. The number of aromatic nitrogens is 2. The standard InChI is InChI=1S/C11H14N4O2S/c1-2-9(16)15-5-3-8(4-6-15)10(17)13-11-14-12-7-18-11/h2,7-8H,1,3-6H2,(H,13,14,17). The van der Waals surface area contributed by atoms with E-state index in [1.54, 1.807) is 10.4 Å². The van der Waals surface area contributed by atoms with Crippen LogP contribution in [0.2, 0.25) is 0 Å². The fourth-order valence-electron chi connectivity index (χ4n) is 1.93. The van der Waals surface area contributed by atoms with E-state index in [2.05, 4.69) is 22.1 Å². The molecule has 0 radical (unpaired) electrons. The number of nitrogens with zero attached hydrogens (tertiary/aromatic N) is 3. The van der Waals surface area contributed by atoms with Gasteiger partial charge in [0.25, 0.3) is 0 Å². The molecule has 18 heavy (non-hydrogen) atoms. The lowest BCUT2D eigenvalue weighted by Gasteiger charge is -2.30. The number of carbonyl (C=O) groups excluding carboxylic acids is 2. The predicted molar refractivity (Wildman–Crippen MR) is 68.0 cm³/mol. The first-order valence-corrected chi connectivity index (χ1v) is 6.57. The van der Waals surface area contributed by atoms with Crippen molar-refractivity contribution in [3.63, 3.8) is 0 Å². The zero-order chi connectivity index (χ0) is 13.0. The van der Waals surface area contributed by atoms with Crippen LogP contribution in [0, 0.1) is 5.92 Å². The molecule has 1 aliphatic heterocycles. The first kappa shape index (κ1) is 12.7. The molecular weight excluding hydrogens is 252 g/mol. The Balaban J connectivity index is 1.84. The number of piperidine rings is 1. The van der Waals surface area contributed by atoms with Gasteiger partial charge in [-0.1, -0.05) is 17.9 Å². The summed E-state index contributed by atoms with van der Waals surface area (Å²) in [5.74, 6) is -0.182. The van der Waals surface area contributed by atoms with Gasteiger partial charge in [-0.3, -0.25) is 9.59 Å². The molecule has 0 saturated carbocycles. The van der Waals surface area contributed by atoms with Crippen molar-refractivity contribution in [3.05, 3.63) is 18.2 Å². The summed E-state index contributed by atoms with van der Waals surface area (Å²) in [6.07, 6.45) is 2.65. The van der Waals surface area contributed by atoms with E-state index in [9.17, 15) is 9.59 Å². The molecule has 0 atom stereocenters. The summed E-state index contributed by atoms with van der Waals surface area (Å²) in [6.45, 7) is 4.65. The fourth-order valence-corrected chi connectivity index (χ4v) is 2.37. The van der Waals surface area contributed by atoms with Gasteiger partial charge in [-0.05, 0) is 18.9 Å². The molecule has 1 aromatic heterocycles. The molecular formula is C11H14N4O2S. The van der Waals surface area contributed by atoms with Crippen LogP contribution in [0.5, 0.6) is 0 Å². The highest BCUT2D eigenvalue weighted by Gasteiger charge is 2.26. The Morgan fingerprint density at radius 2 is 2.22 bits per heavy atom. The number of hydrogen-bond acceptors (Lipinski definition) is 5. The van der Waals surface area contributed by atoms with Crippen molar-refractivity contribution < 1.29 is 9.59 Å². The van der Waals surface area contributed by atoms with Gasteiger partial charge in [-0.25, -0.2) is 0 Å². The van der Waals surface area contributed by atoms with Crippen LogP contribution < -0.4 is 5.32 Å². The Kier molecular flexibility index (Phi) is 4.03. The highest BCUT2D eigenvalue weighted by molar-refractivity contribution is 7.13. The maximum absolute atomic E-state index is 11.9. The lowest BCUT2D eigenvalue weighted by atomic mass is 9.96. The van der Waals surface area contributed by atoms with Crippen molar-refractivity contribution in [1.82, 2.24) is 15.1 Å². The molecule has 1 saturated heterocycles. The van der Waals surface area contributed by atoms with Crippen LogP contribution in [0.1, 0.15) is 12.8 Å². The summed E-state index contributed by atoms with van der Waals surface area (Å²) in [5.41, 5.74) is 1.57. The lowest BCUT2D eigenvalue weighted by Crippen LogP contribution is -2.40. The Hall–Kier alpha value is -1.76. The van der Waals surface area contributed by atoms with Crippen LogP contribution in [-0.4, -0.2) is 40.0 Å². The molecule has 1 aromatic rings. The van der Waals surface area contributed by atoms with Crippen molar-refractivity contribution >= 4 is 28.3 Å². The van der Waals surface area contributed by atoms with E-state index in [1.165, 1.54) is 17.4 Å². The Morgan fingerprint density at radius 3 is 2.78 bits per heavy atom. The molecule has 2 heterocycles. The summed E-state index contributed by atoms with van der Waals surface area (Å²) in [6, 6.07) is 0. The number of anilines is 1. The maximum atomic E-state index is 11.9. The molecule has 1 fully saturated rings. The normalized spacial score (nSPS) is 16.3. The summed E-state index contributed by atoms with van der Waals surface area (Å²) < 4.78 is 0. The van der Waals surface area contributed by atoms with E-state index in [0.717, 1.165) is 0 Å². The highest BCUT2D eigenvalue weighted by Crippen LogP contribution is 2.20. The molecule has 0 aromatic carbocycles. The van der Waals surface area contributed by atoms with Crippen molar-refractivity contribution in [1.29, 1.82) is 0 Å². The van der Waals surface area contributed by atoms with E-state index in [1.807, 2.05) is 0 Å². The predicted octanol–water partition coefficient (Wildman–Crippen LogP) is 0.901. The molecule has 7 heteroatoms. The molecule has 1 aliphatic rings. The van der Waals surface area contributed by atoms with Crippen molar-refractivity contribution in [3.8, 4) is 0 Å². The van der Waals surface area contributed by atoms with Gasteiger partial charge in [0.05, 0.1) is 0 Å². The SMILES string of the molecule is C=CC(=O)N1CCC(C(=O)Nc2nncs2)CC1. The average Bonchev–Trinajstić information content (AvgIpc) is 2.91. The number of likely N-dealkylation sites (tertiary alicyclic amines) is 1. The van der Waals surface area contributed by atoms with Crippen molar-refractivity contribution in [2.75, 3.05) is 18.4 Å². The molecule has 2 rings (SSSR count). The summed E-state index contributed by atoms with van der Waals surface area (Å²) >= 11 is 1.29. The van der Waals surface area contributed by atoms with Crippen LogP contribution >= 0.6 is 11.3 Å². The monoisotopic (exact) mass is 266 g/mol. The van der Waals surface area contributed by atoms with Crippen LogP contribution in [0.3, 0.4) is 0 Å². The van der Waals surface area contributed by atoms with Crippen LogP contribution in [0.25, 0.3) is 0 Å². The van der Waals surface area contributed by atoms with Crippen LogP contribution in [0.4, 0.5) is 5.13 Å². The zero-order valence-electron chi connectivity index (χ0n) is 9.83. The van der Waals surface area contributed by atoms with Gasteiger partial charge >= 0.3 is 0 Å². The molecule has 0 spiro atoms. The topological polar surface area (TPSA) is 75.2 Å². The number of nitrogens with one attached hydrogen (secondary N) is 1. The van der Waals surface area contributed by atoms with Gasteiger partial charge in [0.2, 0.25) is 16.9 Å². The fraction of sp³-hybridized carbons (Fsp3) is 0.455. The highest BCUT2D eigenvalue weighted by atomic mass is 32.1. The third-order valence-corrected chi connectivity index (χ3v) is 3.55. The van der Waals surface area contributed by atoms with Crippen molar-refractivity contribution in [2.45, 2.75) is 12.8 Å². The average molecular weight is 266 g/mol. The Morgan fingerprint density at radius 1 is 1.50 bits per heavy atom. The third-order valence-electron chi connectivity index (χ3n) is 2.94. The molecule has 2 amide bonds. The first-order valence-electron chi connectivity index (χ1n) is 5.69. The largest absolute Gasteiger partial charge is 0.339 e. The van der Waals surface area contributed by atoms with Gasteiger partial charge in [0.15, 0.2) is 0 Å². The van der Waals surface area contributed by atoms with Crippen LogP contribution in [-0.2, 0) is 9.59 Å². The van der Waals surface area contributed by atoms with Gasteiger partial charge < -0.3 is 10.2 Å². The van der Waals surface area contributed by atoms with E-state index < -0.39 is 0 Å². The van der Waals surface area contributed by atoms with Crippen molar-refractivity contribution in [2.24, 2.45) is 5.92 Å². The number of amides is 2. The number of carbonyl (C=O) groups is 2. The minimum Gasteiger partial charge on any atom is -0.339 e. The molecule has 6 nitrogen and oxygen atoms in total. The van der Waals surface area contributed by atoms with Gasteiger partial charge in [-0.15, -0.1) is 10.2 Å². The summed E-state index contributed by atoms with van der Waals surface area (Å²) in [4.78, 5) is 25.0. The number of rotatable bonds is 3. The first-order chi connectivity index (χ1) is 8.70. The zero-order valence-corrected chi connectivity index (χ0v) is 10.7. The second-order valence-electron chi connectivity index (χ2n) is 4.04. The molecule has 96 valence electrons. The minimum absolute atomic E-state index is 0.0440. The molecule has 0 unspecified atom stereocenters. The van der Waals surface area contributed by atoms with E-state index >= 15 is 0 Å². The quantitative estimate of drug-likeness (QED) is 0.825. The van der Waals surface area contributed by atoms with Gasteiger partial charge in [0.1, 0.15) is 5.51 Å². The smallest absolute Gasteiger partial charge is 0.245 e. The van der Waals surface area contributed by atoms with Gasteiger partial charge in [-0.2, -0.15) is 0 Å². The van der Waals surface area contributed by atoms with E-state index in [-0.39, 0.29) is 17.7 Å². The summed E-state index contributed by atoms with van der Waals surface area (Å²) in [7, 11) is 0. The Labute approximate surface area is 109 Å². The maximum Gasteiger partial charge on any atom is 0.245 e.